The van der Waals surface area contributed by atoms with Gasteiger partial charge in [-0.15, -0.1) is 0 Å². The third-order valence-corrected chi connectivity index (χ3v) is 7.07. The van der Waals surface area contributed by atoms with Gasteiger partial charge in [-0.1, -0.05) is 0 Å². The summed E-state index contributed by atoms with van der Waals surface area (Å²) in [5, 5.41) is 3.08. The fourth-order valence-electron chi connectivity index (χ4n) is 4.83. The van der Waals surface area contributed by atoms with Crippen LogP contribution in [0.2, 0.25) is 0 Å². The molecule has 0 amide bonds. The lowest BCUT2D eigenvalue weighted by Gasteiger charge is -2.43. The second-order valence-corrected chi connectivity index (χ2v) is 9.76. The largest absolute Gasteiger partial charge is 0.479 e. The number of nitrogens with one attached hydrogen (secondary N) is 1. The average molecular weight is 520 g/mol. The molecule has 38 heavy (non-hydrogen) atoms. The van der Waals surface area contributed by atoms with Crippen molar-refractivity contribution in [3.63, 3.8) is 0 Å². The van der Waals surface area contributed by atoms with Crippen LogP contribution in [0.25, 0.3) is 22.4 Å². The molecule has 4 aromatic heterocycles. The maximum atomic E-state index is 14.9. The molecule has 12 heteroatoms. The number of aromatic nitrogens is 6. The van der Waals surface area contributed by atoms with Crippen LogP contribution in [0.3, 0.4) is 0 Å². The van der Waals surface area contributed by atoms with Crippen LogP contribution in [0, 0.1) is 5.82 Å². The molecule has 0 saturated carbocycles. The van der Waals surface area contributed by atoms with Gasteiger partial charge in [-0.05, 0) is 32.0 Å². The molecule has 2 aliphatic rings. The molecule has 0 atom stereocenters. The quantitative estimate of drug-likeness (QED) is 0.391. The number of pyridine rings is 2. The van der Waals surface area contributed by atoms with Gasteiger partial charge in [0.1, 0.15) is 11.5 Å². The number of halogens is 1. The molecule has 4 aromatic rings. The summed E-state index contributed by atoms with van der Waals surface area (Å²) in [5.41, 5.74) is 2.85. The molecule has 6 rings (SSSR count). The molecule has 11 nitrogen and oxygen atoms in total. The van der Waals surface area contributed by atoms with Crippen molar-refractivity contribution in [3.8, 4) is 17.3 Å². The molecule has 2 fully saturated rings. The van der Waals surface area contributed by atoms with Crippen LogP contribution in [-0.4, -0.2) is 86.9 Å². The highest BCUT2D eigenvalue weighted by molar-refractivity contribution is 5.84. The van der Waals surface area contributed by atoms with Crippen molar-refractivity contribution in [2.45, 2.75) is 25.9 Å². The van der Waals surface area contributed by atoms with Crippen molar-refractivity contribution in [2.24, 2.45) is 0 Å². The summed E-state index contributed by atoms with van der Waals surface area (Å²) in [6.45, 7) is 9.71. The highest BCUT2D eigenvalue weighted by Gasteiger charge is 2.29. The summed E-state index contributed by atoms with van der Waals surface area (Å²) in [7, 11) is 1.52. The van der Waals surface area contributed by atoms with E-state index in [0.717, 1.165) is 56.8 Å². The van der Waals surface area contributed by atoms with E-state index in [2.05, 4.69) is 40.0 Å². The maximum absolute atomic E-state index is 14.9. The van der Waals surface area contributed by atoms with E-state index in [9.17, 15) is 4.39 Å². The standard InChI is InChI=1S/C26H30FN9O2/c1-16(2)36-15-30-24-21(36)10-20(31-25(24)37-3)23-19(27)12-29-26(33-23)32-22-5-4-17(11-28-22)34-6-8-35(9-7-34)18-13-38-14-18/h4-5,10-12,15-16,18H,6-9,13-14H2,1-3H3,(H,28,29,32,33). The van der Waals surface area contributed by atoms with Gasteiger partial charge in [0.25, 0.3) is 0 Å². The minimum Gasteiger partial charge on any atom is -0.479 e. The van der Waals surface area contributed by atoms with Crippen LogP contribution in [0.15, 0.2) is 36.9 Å². The molecule has 0 spiro atoms. The highest BCUT2D eigenvalue weighted by Crippen LogP contribution is 2.31. The van der Waals surface area contributed by atoms with Gasteiger partial charge >= 0.3 is 0 Å². The Morgan fingerprint density at radius 3 is 2.53 bits per heavy atom. The third-order valence-electron chi connectivity index (χ3n) is 7.07. The summed E-state index contributed by atoms with van der Waals surface area (Å²) < 4.78 is 27.6. The first-order valence-electron chi connectivity index (χ1n) is 12.7. The van der Waals surface area contributed by atoms with Gasteiger partial charge in [-0.25, -0.2) is 29.3 Å². The zero-order valence-electron chi connectivity index (χ0n) is 21.6. The lowest BCUT2D eigenvalue weighted by Crippen LogP contribution is -2.56. The van der Waals surface area contributed by atoms with Gasteiger partial charge in [-0.2, -0.15) is 0 Å². The zero-order valence-corrected chi connectivity index (χ0v) is 21.6. The molecule has 0 bridgehead atoms. The molecule has 2 aliphatic heterocycles. The molecule has 2 saturated heterocycles. The molecule has 0 aromatic carbocycles. The van der Waals surface area contributed by atoms with Crippen molar-refractivity contribution in [1.29, 1.82) is 0 Å². The Morgan fingerprint density at radius 1 is 1.05 bits per heavy atom. The van der Waals surface area contributed by atoms with E-state index in [-0.39, 0.29) is 17.7 Å². The summed E-state index contributed by atoms with van der Waals surface area (Å²) in [4.78, 5) is 26.8. The minimum absolute atomic E-state index is 0.0607. The van der Waals surface area contributed by atoms with E-state index in [1.807, 2.05) is 36.7 Å². The smallest absolute Gasteiger partial charge is 0.242 e. The van der Waals surface area contributed by atoms with E-state index in [1.165, 1.54) is 7.11 Å². The lowest BCUT2D eigenvalue weighted by atomic mass is 10.2. The molecular weight excluding hydrogens is 489 g/mol. The van der Waals surface area contributed by atoms with Crippen molar-refractivity contribution < 1.29 is 13.9 Å². The number of ether oxygens (including phenoxy) is 2. The van der Waals surface area contributed by atoms with E-state index < -0.39 is 5.82 Å². The van der Waals surface area contributed by atoms with Crippen LogP contribution >= 0.6 is 0 Å². The number of imidazole rings is 1. The van der Waals surface area contributed by atoms with Crippen LogP contribution < -0.4 is 15.0 Å². The summed E-state index contributed by atoms with van der Waals surface area (Å²) >= 11 is 0. The monoisotopic (exact) mass is 519 g/mol. The van der Waals surface area contributed by atoms with Crippen molar-refractivity contribution in [3.05, 3.63) is 42.7 Å². The van der Waals surface area contributed by atoms with Crippen molar-refractivity contribution >= 4 is 28.5 Å². The Labute approximate surface area is 219 Å². The van der Waals surface area contributed by atoms with Gasteiger partial charge in [-0.3, -0.25) is 4.90 Å². The lowest BCUT2D eigenvalue weighted by molar-refractivity contribution is -0.0660. The molecule has 1 N–H and O–H groups in total. The van der Waals surface area contributed by atoms with E-state index in [4.69, 9.17) is 9.47 Å². The van der Waals surface area contributed by atoms with Gasteiger partial charge in [0.15, 0.2) is 11.3 Å². The van der Waals surface area contributed by atoms with E-state index in [0.29, 0.717) is 29.0 Å². The molecule has 6 heterocycles. The van der Waals surface area contributed by atoms with E-state index >= 15 is 0 Å². The zero-order chi connectivity index (χ0) is 26.2. The Balaban J connectivity index is 1.20. The molecule has 0 unspecified atom stereocenters. The highest BCUT2D eigenvalue weighted by atomic mass is 19.1. The third kappa shape index (κ3) is 4.61. The normalized spacial score (nSPS) is 16.7. The number of hydrogen-bond acceptors (Lipinski definition) is 10. The second-order valence-electron chi connectivity index (χ2n) is 9.76. The van der Waals surface area contributed by atoms with Crippen LogP contribution in [0.1, 0.15) is 19.9 Å². The Morgan fingerprint density at radius 2 is 1.87 bits per heavy atom. The fraction of sp³-hybridized carbons (Fsp3) is 0.423. The molecule has 0 radical (unpaired) electrons. The number of hydrogen-bond donors (Lipinski definition) is 1. The number of rotatable bonds is 7. The minimum atomic E-state index is -0.587. The number of piperazine rings is 1. The predicted octanol–water partition coefficient (Wildman–Crippen LogP) is 3.28. The topological polar surface area (TPSA) is 106 Å². The van der Waals surface area contributed by atoms with Crippen LogP contribution in [0.4, 0.5) is 21.8 Å². The van der Waals surface area contributed by atoms with Crippen molar-refractivity contribution in [1.82, 2.24) is 34.4 Å². The summed E-state index contributed by atoms with van der Waals surface area (Å²) in [5.74, 6) is 0.506. The fourth-order valence-corrected chi connectivity index (χ4v) is 4.83. The van der Waals surface area contributed by atoms with E-state index in [1.54, 1.807) is 12.4 Å². The van der Waals surface area contributed by atoms with Gasteiger partial charge in [0.05, 0.1) is 62.0 Å². The predicted molar refractivity (Wildman–Crippen MR) is 141 cm³/mol. The average Bonchev–Trinajstić information content (AvgIpc) is 3.34. The van der Waals surface area contributed by atoms with Gasteiger partial charge in [0, 0.05) is 32.2 Å². The number of anilines is 3. The van der Waals surface area contributed by atoms with Crippen LogP contribution in [-0.2, 0) is 4.74 Å². The second kappa shape index (κ2) is 10.1. The van der Waals surface area contributed by atoms with Crippen LogP contribution in [0.5, 0.6) is 5.88 Å². The van der Waals surface area contributed by atoms with Gasteiger partial charge < -0.3 is 24.3 Å². The molecule has 0 aliphatic carbocycles. The number of methoxy groups -OCH3 is 1. The Hall–Kier alpha value is -3.90. The van der Waals surface area contributed by atoms with Gasteiger partial charge in [0.2, 0.25) is 11.8 Å². The first-order chi connectivity index (χ1) is 18.5. The molecule has 198 valence electrons. The number of fused-ring (bicyclic) bond motifs is 1. The maximum Gasteiger partial charge on any atom is 0.242 e. The van der Waals surface area contributed by atoms with Crippen molar-refractivity contribution in [2.75, 3.05) is 56.7 Å². The first-order valence-corrected chi connectivity index (χ1v) is 12.7. The Bertz CT molecular complexity index is 1430. The first kappa shape index (κ1) is 24.4. The molecular formula is C26H30FN9O2. The Kier molecular flexibility index (Phi) is 6.50. The summed E-state index contributed by atoms with van der Waals surface area (Å²) in [6, 6.07) is 6.39. The summed E-state index contributed by atoms with van der Waals surface area (Å²) in [6.07, 6.45) is 4.69. The number of nitrogens with zero attached hydrogens (tertiary/aromatic N) is 8. The SMILES string of the molecule is COc1nc(-c2nc(Nc3ccc(N4CCN(C5COC5)CC4)cn3)ncc2F)cc2c1ncn2C(C)C.